The highest BCUT2D eigenvalue weighted by molar-refractivity contribution is 5.89. The average Bonchev–Trinajstić information content (AvgIpc) is 3.27. The molecule has 186 valence electrons. The molecule has 0 bridgehead atoms. The molecule has 0 radical (unpaired) electrons. The maximum atomic E-state index is 13.2. The monoisotopic (exact) mass is 477 g/mol. The lowest BCUT2D eigenvalue weighted by atomic mass is 9.82. The maximum Gasteiger partial charge on any atom is 0.291 e. The van der Waals surface area contributed by atoms with Crippen LogP contribution < -0.4 is 10.9 Å². The van der Waals surface area contributed by atoms with Gasteiger partial charge in [0.15, 0.2) is 0 Å². The molecule has 9 nitrogen and oxygen atoms in total. The zero-order chi connectivity index (χ0) is 25.1. The molecule has 0 unspecified atom stereocenters. The second-order valence-corrected chi connectivity index (χ2v) is 10.1. The van der Waals surface area contributed by atoms with Crippen molar-refractivity contribution in [1.29, 1.82) is 0 Å². The number of pyridine rings is 1. The molecule has 1 amide bonds. The zero-order valence-corrected chi connectivity index (χ0v) is 21.2. The fourth-order valence-electron chi connectivity index (χ4n) is 4.65. The van der Waals surface area contributed by atoms with Gasteiger partial charge in [0.25, 0.3) is 11.5 Å². The summed E-state index contributed by atoms with van der Waals surface area (Å²) in [6.45, 7) is 4.90. The van der Waals surface area contributed by atoms with E-state index in [2.05, 4.69) is 34.2 Å². The first-order valence-corrected chi connectivity index (χ1v) is 12.2. The molecule has 1 aliphatic carbocycles. The zero-order valence-electron chi connectivity index (χ0n) is 21.2. The quantitative estimate of drug-likeness (QED) is 0.559. The number of carbonyl (C=O) groups excluding carboxylic acids is 1. The Bertz CT molecular complexity index is 1220. The highest BCUT2D eigenvalue weighted by Gasteiger charge is 2.24. The van der Waals surface area contributed by atoms with Gasteiger partial charge in [0.2, 0.25) is 5.82 Å². The van der Waals surface area contributed by atoms with Crippen molar-refractivity contribution in [3.63, 3.8) is 0 Å². The van der Waals surface area contributed by atoms with Gasteiger partial charge in [-0.2, -0.15) is 5.10 Å². The smallest absolute Gasteiger partial charge is 0.291 e. The van der Waals surface area contributed by atoms with Crippen LogP contribution in [-0.2, 0) is 13.6 Å². The summed E-state index contributed by atoms with van der Waals surface area (Å²) in [4.78, 5) is 35.3. The fourth-order valence-corrected chi connectivity index (χ4v) is 4.65. The van der Waals surface area contributed by atoms with Crippen molar-refractivity contribution in [2.75, 3.05) is 19.4 Å². The third-order valence-electron chi connectivity index (χ3n) is 6.51. The number of aromatic nitrogens is 5. The van der Waals surface area contributed by atoms with Gasteiger partial charge in [0.05, 0.1) is 6.20 Å². The molecule has 0 spiro atoms. The summed E-state index contributed by atoms with van der Waals surface area (Å²) in [6, 6.07) is 2.18. The number of hydrogen-bond acceptors (Lipinski definition) is 6. The fraction of sp³-hybridized carbons (Fsp3) is 0.500. The van der Waals surface area contributed by atoms with E-state index in [0.29, 0.717) is 24.1 Å². The molecule has 0 atom stereocenters. The van der Waals surface area contributed by atoms with Crippen LogP contribution in [0.1, 0.15) is 61.6 Å². The molecule has 0 aromatic carbocycles. The van der Waals surface area contributed by atoms with Crippen molar-refractivity contribution in [3.8, 4) is 11.1 Å². The summed E-state index contributed by atoms with van der Waals surface area (Å²) in [5.74, 6) is 0.749. The average molecular weight is 478 g/mol. The number of carbonyl (C=O) groups is 1. The van der Waals surface area contributed by atoms with Gasteiger partial charge in [-0.1, -0.05) is 13.8 Å². The number of rotatable bonds is 7. The number of nitrogens with zero attached hydrogens (tertiary/aromatic N) is 6. The minimum absolute atomic E-state index is 0.0167. The summed E-state index contributed by atoms with van der Waals surface area (Å²) >= 11 is 0. The largest absolute Gasteiger partial charge is 0.378 e. The van der Waals surface area contributed by atoms with Crippen molar-refractivity contribution < 1.29 is 4.79 Å². The van der Waals surface area contributed by atoms with Crippen LogP contribution in [-0.4, -0.2) is 55.3 Å². The van der Waals surface area contributed by atoms with Crippen LogP contribution >= 0.6 is 0 Å². The number of nitrogens with one attached hydrogen (secondary N) is 1. The van der Waals surface area contributed by atoms with E-state index >= 15 is 0 Å². The minimum atomic E-state index is -0.193. The van der Waals surface area contributed by atoms with Crippen LogP contribution in [0.2, 0.25) is 0 Å². The van der Waals surface area contributed by atoms with Crippen LogP contribution in [0.3, 0.4) is 0 Å². The first-order valence-electron chi connectivity index (χ1n) is 12.2. The number of hydrogen-bond donors (Lipinski definition) is 1. The number of aryl methyl sites for hydroxylation is 1. The van der Waals surface area contributed by atoms with Crippen LogP contribution in [0, 0.1) is 5.92 Å². The molecular weight excluding hydrogens is 442 g/mol. The second-order valence-electron chi connectivity index (χ2n) is 10.1. The van der Waals surface area contributed by atoms with Gasteiger partial charge < -0.3 is 14.8 Å². The van der Waals surface area contributed by atoms with Gasteiger partial charge in [0, 0.05) is 69.6 Å². The van der Waals surface area contributed by atoms with Gasteiger partial charge in [-0.05, 0) is 49.1 Å². The molecule has 3 aromatic heterocycles. The van der Waals surface area contributed by atoms with Crippen LogP contribution in [0.4, 0.5) is 5.69 Å². The van der Waals surface area contributed by atoms with Crippen molar-refractivity contribution in [3.05, 3.63) is 58.8 Å². The van der Waals surface area contributed by atoms with E-state index in [-0.39, 0.29) is 23.3 Å². The van der Waals surface area contributed by atoms with Crippen molar-refractivity contribution in [2.45, 2.75) is 58.0 Å². The van der Waals surface area contributed by atoms with Gasteiger partial charge in [-0.25, -0.2) is 9.97 Å². The summed E-state index contributed by atoms with van der Waals surface area (Å²) in [5.41, 5.74) is 3.71. The Labute approximate surface area is 206 Å². The Hall–Kier alpha value is -3.49. The number of amides is 1. The lowest BCUT2D eigenvalue weighted by molar-refractivity contribution is 0.0815. The first kappa shape index (κ1) is 24.6. The van der Waals surface area contributed by atoms with E-state index in [9.17, 15) is 9.59 Å². The SMILES string of the molecule is CC(C)Cn1cc(-c2cnn(C)c2)cc(NC2CCC(c3cnc(C(=O)N(C)C)nc3)CC2)c1=O. The van der Waals surface area contributed by atoms with Gasteiger partial charge in [-0.15, -0.1) is 0 Å². The Morgan fingerprint density at radius 3 is 2.34 bits per heavy atom. The van der Waals surface area contributed by atoms with E-state index < -0.39 is 0 Å². The summed E-state index contributed by atoms with van der Waals surface area (Å²) in [6.07, 6.45) is 13.1. The lowest BCUT2D eigenvalue weighted by Crippen LogP contribution is -2.31. The molecule has 1 N–H and O–H groups in total. The number of anilines is 1. The normalized spacial score (nSPS) is 18.0. The van der Waals surface area contributed by atoms with Crippen LogP contribution in [0.15, 0.2) is 41.8 Å². The maximum absolute atomic E-state index is 13.2. The van der Waals surface area contributed by atoms with Crippen molar-refractivity contribution in [2.24, 2.45) is 13.0 Å². The predicted molar refractivity (Wildman–Crippen MR) is 136 cm³/mol. The van der Waals surface area contributed by atoms with Gasteiger partial charge in [0.1, 0.15) is 5.69 Å². The van der Waals surface area contributed by atoms with Crippen molar-refractivity contribution >= 4 is 11.6 Å². The summed E-state index contributed by atoms with van der Waals surface area (Å²) in [5, 5.41) is 7.84. The Morgan fingerprint density at radius 2 is 1.77 bits per heavy atom. The molecular formula is C26H35N7O2. The van der Waals surface area contributed by atoms with E-state index in [1.165, 1.54) is 4.90 Å². The molecule has 35 heavy (non-hydrogen) atoms. The predicted octanol–water partition coefficient (Wildman–Crippen LogP) is 3.53. The van der Waals surface area contributed by atoms with Gasteiger partial charge in [-0.3, -0.25) is 14.3 Å². The third kappa shape index (κ3) is 5.78. The van der Waals surface area contributed by atoms with Crippen molar-refractivity contribution in [1.82, 2.24) is 29.2 Å². The first-order chi connectivity index (χ1) is 16.7. The molecule has 9 heteroatoms. The Morgan fingerprint density at radius 1 is 1.09 bits per heavy atom. The molecule has 4 rings (SSSR count). The van der Waals surface area contributed by atoms with Crippen LogP contribution in [0.25, 0.3) is 11.1 Å². The van der Waals surface area contributed by atoms with E-state index in [1.54, 1.807) is 31.2 Å². The Kier molecular flexibility index (Phi) is 7.33. The van der Waals surface area contributed by atoms with E-state index in [1.807, 2.05) is 36.3 Å². The minimum Gasteiger partial charge on any atom is -0.378 e. The topological polar surface area (TPSA) is 97.9 Å². The summed E-state index contributed by atoms with van der Waals surface area (Å²) in [7, 11) is 5.28. The molecule has 0 aliphatic heterocycles. The molecule has 1 saturated carbocycles. The third-order valence-corrected chi connectivity index (χ3v) is 6.51. The molecule has 3 heterocycles. The summed E-state index contributed by atoms with van der Waals surface area (Å²) < 4.78 is 3.59. The highest BCUT2D eigenvalue weighted by Crippen LogP contribution is 2.33. The highest BCUT2D eigenvalue weighted by atomic mass is 16.2. The molecule has 3 aromatic rings. The molecule has 1 fully saturated rings. The molecule has 1 aliphatic rings. The standard InChI is InChI=1S/C26H35N7O2/c1-17(2)14-33-16-19(21-13-29-32(5)15-21)10-23(25(33)34)30-22-8-6-18(7-9-22)20-11-27-24(28-12-20)26(35)31(3)4/h10-13,15-18,22,30H,6-9,14H2,1-5H3. The van der Waals surface area contributed by atoms with Gasteiger partial charge >= 0.3 is 0 Å². The lowest BCUT2D eigenvalue weighted by Gasteiger charge is -2.30. The Balaban J connectivity index is 1.46. The second kappa shape index (κ2) is 10.4. The van der Waals surface area contributed by atoms with E-state index in [4.69, 9.17) is 0 Å². The van der Waals surface area contributed by atoms with Crippen LogP contribution in [0.5, 0.6) is 0 Å². The molecule has 0 saturated heterocycles. The van der Waals surface area contributed by atoms with E-state index in [0.717, 1.165) is 42.4 Å².